The third-order valence-corrected chi connectivity index (χ3v) is 2.25. The number of allylic oxidation sites excluding steroid dienone is 1. The summed E-state index contributed by atoms with van der Waals surface area (Å²) in [5, 5.41) is 0.884. The van der Waals surface area contributed by atoms with Gasteiger partial charge in [0.15, 0.2) is 0 Å². The molecule has 0 radical (unpaired) electrons. The highest BCUT2D eigenvalue weighted by molar-refractivity contribution is 5.81. The highest BCUT2D eigenvalue weighted by Crippen LogP contribution is 2.18. The van der Waals surface area contributed by atoms with Crippen molar-refractivity contribution in [3.8, 4) is 0 Å². The molecule has 3 heteroatoms. The van der Waals surface area contributed by atoms with E-state index in [4.69, 9.17) is 0 Å². The minimum atomic E-state index is -0.326. The molecule has 1 heterocycles. The molecule has 80 valence electrons. The number of nitrogens with zero attached hydrogens (tertiary/aromatic N) is 1. The maximum absolute atomic E-state index is 13.6. The van der Waals surface area contributed by atoms with Crippen LogP contribution >= 0.6 is 0 Å². The smallest absolute Gasteiger partial charge is 0.132 e. The first-order valence-electron chi connectivity index (χ1n) is 4.96. The second-order valence-corrected chi connectivity index (χ2v) is 3.37. The van der Waals surface area contributed by atoms with Gasteiger partial charge >= 0.3 is 0 Å². The molecule has 0 saturated heterocycles. The third kappa shape index (κ3) is 2.14. The van der Waals surface area contributed by atoms with Crippen LogP contribution in [0.2, 0.25) is 0 Å². The lowest BCUT2D eigenvalue weighted by atomic mass is 10.1. The van der Waals surface area contributed by atoms with Crippen LogP contribution in [0.3, 0.4) is 0 Å². The first-order chi connectivity index (χ1) is 7.81. The lowest BCUT2D eigenvalue weighted by molar-refractivity contribution is -0.107. The predicted molar refractivity (Wildman–Crippen MR) is 61.4 cm³/mol. The van der Waals surface area contributed by atoms with Gasteiger partial charge in [-0.25, -0.2) is 4.39 Å². The number of fused-ring (bicyclic) bond motifs is 1. The fourth-order valence-electron chi connectivity index (χ4n) is 1.49. The highest BCUT2D eigenvalue weighted by Gasteiger charge is 2.01. The van der Waals surface area contributed by atoms with E-state index in [1.54, 1.807) is 30.5 Å². The molecule has 2 rings (SSSR count). The van der Waals surface area contributed by atoms with Gasteiger partial charge in [0.05, 0.1) is 5.52 Å². The van der Waals surface area contributed by atoms with E-state index in [1.165, 1.54) is 6.07 Å². The standard InChI is InChI=1S/C13H10FNO/c14-12-9-13-11(5-3-6-15-13)8-10(12)4-1-2-7-16/h1,3-9H,2H2. The Morgan fingerprint density at radius 1 is 1.38 bits per heavy atom. The fraction of sp³-hybridized carbons (Fsp3) is 0.0769. The molecule has 16 heavy (non-hydrogen) atoms. The van der Waals surface area contributed by atoms with E-state index in [2.05, 4.69) is 4.98 Å². The van der Waals surface area contributed by atoms with Crippen LogP contribution < -0.4 is 0 Å². The zero-order valence-electron chi connectivity index (χ0n) is 8.56. The zero-order chi connectivity index (χ0) is 11.4. The van der Waals surface area contributed by atoms with E-state index >= 15 is 0 Å². The Balaban J connectivity index is 2.45. The summed E-state index contributed by atoms with van der Waals surface area (Å²) in [5.74, 6) is -0.326. The molecule has 2 aromatic rings. The number of carbonyl (C=O) groups excluding carboxylic acids is 1. The summed E-state index contributed by atoms with van der Waals surface area (Å²) in [4.78, 5) is 14.2. The lowest BCUT2D eigenvalue weighted by Gasteiger charge is -2.00. The molecule has 0 amide bonds. The third-order valence-electron chi connectivity index (χ3n) is 2.25. The summed E-state index contributed by atoms with van der Waals surface area (Å²) in [7, 11) is 0. The fourth-order valence-corrected chi connectivity index (χ4v) is 1.49. The molecule has 0 unspecified atom stereocenters. The first kappa shape index (κ1) is 10.5. The molecule has 0 N–H and O–H groups in total. The summed E-state index contributed by atoms with van der Waals surface area (Å²) in [5.41, 5.74) is 1.11. The summed E-state index contributed by atoms with van der Waals surface area (Å²) in [6, 6.07) is 6.80. The molecule has 2 nitrogen and oxygen atoms in total. The molecule has 0 aliphatic rings. The summed E-state index contributed by atoms with van der Waals surface area (Å²) >= 11 is 0. The number of rotatable bonds is 3. The second kappa shape index (κ2) is 4.66. The van der Waals surface area contributed by atoms with Crippen molar-refractivity contribution in [3.05, 3.63) is 47.9 Å². The number of aromatic nitrogens is 1. The maximum Gasteiger partial charge on any atom is 0.132 e. The molecule has 0 saturated carbocycles. The molecule has 0 bridgehead atoms. The van der Waals surface area contributed by atoms with E-state index in [0.29, 0.717) is 17.5 Å². The van der Waals surface area contributed by atoms with Crippen molar-refractivity contribution in [1.29, 1.82) is 0 Å². The van der Waals surface area contributed by atoms with Gasteiger partial charge in [0, 0.05) is 29.6 Å². The zero-order valence-corrected chi connectivity index (χ0v) is 8.56. The van der Waals surface area contributed by atoms with Crippen molar-refractivity contribution in [2.75, 3.05) is 0 Å². The van der Waals surface area contributed by atoms with Crippen LogP contribution in [0.1, 0.15) is 12.0 Å². The summed E-state index contributed by atoms with van der Waals surface area (Å²) < 4.78 is 13.6. The van der Waals surface area contributed by atoms with Crippen LogP contribution in [0.4, 0.5) is 4.39 Å². The van der Waals surface area contributed by atoms with Crippen molar-refractivity contribution in [3.63, 3.8) is 0 Å². The monoisotopic (exact) mass is 215 g/mol. The Hall–Kier alpha value is -2.03. The van der Waals surface area contributed by atoms with Crippen LogP contribution in [-0.4, -0.2) is 11.3 Å². The van der Waals surface area contributed by atoms with E-state index in [-0.39, 0.29) is 5.82 Å². The number of aldehydes is 1. The van der Waals surface area contributed by atoms with Gasteiger partial charge in [-0.3, -0.25) is 4.98 Å². The number of benzene rings is 1. The average molecular weight is 215 g/mol. The molecule has 1 aromatic carbocycles. The highest BCUT2D eigenvalue weighted by atomic mass is 19.1. The van der Waals surface area contributed by atoms with Gasteiger partial charge in [-0.2, -0.15) is 0 Å². The van der Waals surface area contributed by atoms with Crippen molar-refractivity contribution in [2.45, 2.75) is 6.42 Å². The van der Waals surface area contributed by atoms with E-state index in [9.17, 15) is 9.18 Å². The molecule has 0 spiro atoms. The van der Waals surface area contributed by atoms with Crippen LogP contribution in [0.25, 0.3) is 17.0 Å². The Morgan fingerprint density at radius 3 is 3.06 bits per heavy atom. The minimum absolute atomic E-state index is 0.296. The van der Waals surface area contributed by atoms with Gasteiger partial charge in [0.25, 0.3) is 0 Å². The Bertz CT molecular complexity index is 549. The number of pyridine rings is 1. The van der Waals surface area contributed by atoms with Crippen molar-refractivity contribution < 1.29 is 9.18 Å². The maximum atomic E-state index is 13.6. The quantitative estimate of drug-likeness (QED) is 0.737. The summed E-state index contributed by atoms with van der Waals surface area (Å²) in [6.45, 7) is 0. The molecular weight excluding hydrogens is 205 g/mol. The van der Waals surface area contributed by atoms with Crippen LogP contribution in [0.5, 0.6) is 0 Å². The first-order valence-corrected chi connectivity index (χ1v) is 4.96. The number of hydrogen-bond acceptors (Lipinski definition) is 2. The molecule has 0 aliphatic carbocycles. The van der Waals surface area contributed by atoms with Gasteiger partial charge in [-0.1, -0.05) is 18.2 Å². The van der Waals surface area contributed by atoms with Gasteiger partial charge < -0.3 is 4.79 Å². The van der Waals surface area contributed by atoms with Crippen LogP contribution in [0.15, 0.2) is 36.5 Å². The Kier molecular flexibility index (Phi) is 3.05. The second-order valence-electron chi connectivity index (χ2n) is 3.37. The van der Waals surface area contributed by atoms with Crippen molar-refractivity contribution in [2.24, 2.45) is 0 Å². The molecule has 0 aliphatic heterocycles. The average Bonchev–Trinajstić information content (AvgIpc) is 2.30. The van der Waals surface area contributed by atoms with E-state index in [1.807, 2.05) is 6.07 Å². The molecular formula is C13H10FNO. The molecule has 0 fully saturated rings. The summed E-state index contributed by atoms with van der Waals surface area (Å²) in [6.07, 6.45) is 5.94. The largest absolute Gasteiger partial charge is 0.303 e. The Labute approximate surface area is 92.4 Å². The molecule has 1 aromatic heterocycles. The predicted octanol–water partition coefficient (Wildman–Crippen LogP) is 2.98. The number of carbonyl (C=O) groups is 1. The van der Waals surface area contributed by atoms with Gasteiger partial charge in [-0.15, -0.1) is 0 Å². The minimum Gasteiger partial charge on any atom is -0.303 e. The van der Waals surface area contributed by atoms with Gasteiger partial charge in [0.2, 0.25) is 0 Å². The number of hydrogen-bond donors (Lipinski definition) is 0. The molecule has 0 atom stereocenters. The lowest BCUT2D eigenvalue weighted by Crippen LogP contribution is -1.85. The Morgan fingerprint density at radius 2 is 2.25 bits per heavy atom. The van der Waals surface area contributed by atoms with Gasteiger partial charge in [-0.05, 0) is 12.1 Å². The van der Waals surface area contributed by atoms with Crippen LogP contribution in [0, 0.1) is 5.82 Å². The normalized spacial score (nSPS) is 11.1. The SMILES string of the molecule is O=CCC=Cc1cc2cccnc2cc1F. The number of halogens is 1. The van der Waals surface area contributed by atoms with E-state index < -0.39 is 0 Å². The van der Waals surface area contributed by atoms with Crippen molar-refractivity contribution in [1.82, 2.24) is 4.98 Å². The van der Waals surface area contributed by atoms with E-state index in [0.717, 1.165) is 11.7 Å². The van der Waals surface area contributed by atoms with Gasteiger partial charge in [0.1, 0.15) is 12.1 Å². The topological polar surface area (TPSA) is 30.0 Å². The van der Waals surface area contributed by atoms with Crippen molar-refractivity contribution >= 4 is 23.3 Å². The van der Waals surface area contributed by atoms with Crippen LogP contribution in [-0.2, 0) is 4.79 Å².